The maximum absolute atomic E-state index is 12.5. The SMILES string of the molecule is CCOc1ccccc1OCC(=O)N1CCN(C(=O)CCC(=O)c2ccc(C)cc2)CC1. The van der Waals surface area contributed by atoms with E-state index in [0.717, 1.165) is 5.56 Å². The van der Waals surface area contributed by atoms with Crippen molar-refractivity contribution in [2.24, 2.45) is 0 Å². The lowest BCUT2D eigenvalue weighted by molar-refractivity contribution is -0.140. The molecule has 1 saturated heterocycles. The number of hydrogen-bond donors (Lipinski definition) is 0. The number of rotatable bonds is 9. The second-order valence-electron chi connectivity index (χ2n) is 7.72. The van der Waals surface area contributed by atoms with Gasteiger partial charge >= 0.3 is 0 Å². The molecule has 0 aliphatic carbocycles. The van der Waals surface area contributed by atoms with Crippen molar-refractivity contribution in [1.29, 1.82) is 0 Å². The molecule has 2 aromatic carbocycles. The molecule has 3 rings (SSSR count). The smallest absolute Gasteiger partial charge is 0.260 e. The Hall–Kier alpha value is -3.35. The van der Waals surface area contributed by atoms with Crippen molar-refractivity contribution in [1.82, 2.24) is 9.80 Å². The summed E-state index contributed by atoms with van der Waals surface area (Å²) in [6, 6.07) is 14.6. The summed E-state index contributed by atoms with van der Waals surface area (Å²) < 4.78 is 11.2. The largest absolute Gasteiger partial charge is 0.490 e. The highest BCUT2D eigenvalue weighted by atomic mass is 16.5. The molecule has 2 aromatic rings. The molecule has 0 saturated carbocycles. The number of carbonyl (C=O) groups is 3. The van der Waals surface area contributed by atoms with E-state index in [9.17, 15) is 14.4 Å². The van der Waals surface area contributed by atoms with E-state index in [4.69, 9.17) is 9.47 Å². The summed E-state index contributed by atoms with van der Waals surface area (Å²) >= 11 is 0. The van der Waals surface area contributed by atoms with Crippen LogP contribution in [0.4, 0.5) is 0 Å². The lowest BCUT2D eigenvalue weighted by Crippen LogP contribution is -2.51. The predicted molar refractivity (Wildman–Crippen MR) is 121 cm³/mol. The summed E-state index contributed by atoms with van der Waals surface area (Å²) in [5.74, 6) is 0.933. The van der Waals surface area contributed by atoms with Crippen LogP contribution >= 0.6 is 0 Å². The molecule has 7 heteroatoms. The fourth-order valence-electron chi connectivity index (χ4n) is 3.54. The van der Waals surface area contributed by atoms with Gasteiger partial charge in [-0.2, -0.15) is 0 Å². The van der Waals surface area contributed by atoms with Gasteiger partial charge < -0.3 is 19.3 Å². The average Bonchev–Trinajstić information content (AvgIpc) is 2.82. The highest BCUT2D eigenvalue weighted by molar-refractivity contribution is 5.98. The van der Waals surface area contributed by atoms with Crippen LogP contribution in [0.25, 0.3) is 0 Å². The summed E-state index contributed by atoms with van der Waals surface area (Å²) in [7, 11) is 0. The van der Waals surface area contributed by atoms with Crippen molar-refractivity contribution >= 4 is 17.6 Å². The van der Waals surface area contributed by atoms with Crippen LogP contribution in [-0.2, 0) is 9.59 Å². The van der Waals surface area contributed by atoms with Crippen LogP contribution in [0.15, 0.2) is 48.5 Å². The first-order valence-corrected chi connectivity index (χ1v) is 11.0. The minimum atomic E-state index is -0.127. The number of ketones is 1. The van der Waals surface area contributed by atoms with Crippen molar-refractivity contribution in [3.8, 4) is 11.5 Å². The summed E-state index contributed by atoms with van der Waals surface area (Å²) in [6.45, 7) is 6.11. The zero-order valence-electron chi connectivity index (χ0n) is 18.7. The predicted octanol–water partition coefficient (Wildman–Crippen LogP) is 3.11. The molecule has 1 aliphatic rings. The lowest BCUT2D eigenvalue weighted by Gasteiger charge is -2.34. The van der Waals surface area contributed by atoms with E-state index in [1.165, 1.54) is 0 Å². The fourth-order valence-corrected chi connectivity index (χ4v) is 3.54. The van der Waals surface area contributed by atoms with E-state index in [-0.39, 0.29) is 37.0 Å². The molecule has 0 atom stereocenters. The van der Waals surface area contributed by atoms with Gasteiger partial charge in [-0.1, -0.05) is 42.0 Å². The highest BCUT2D eigenvalue weighted by Gasteiger charge is 2.25. The Morgan fingerprint density at radius 3 is 1.94 bits per heavy atom. The Kier molecular flexibility index (Phi) is 8.25. The van der Waals surface area contributed by atoms with E-state index < -0.39 is 0 Å². The first kappa shape index (κ1) is 23.3. The van der Waals surface area contributed by atoms with Crippen LogP contribution in [0.3, 0.4) is 0 Å². The monoisotopic (exact) mass is 438 g/mol. The first-order chi connectivity index (χ1) is 15.5. The number of benzene rings is 2. The number of amides is 2. The number of Topliss-reactive ketones (excluding diaryl/α,β-unsaturated/α-hetero) is 1. The van der Waals surface area contributed by atoms with Crippen LogP contribution in [0.2, 0.25) is 0 Å². The molecule has 0 radical (unpaired) electrons. The van der Waals surface area contributed by atoms with Gasteiger partial charge in [0.05, 0.1) is 6.61 Å². The first-order valence-electron chi connectivity index (χ1n) is 11.0. The van der Waals surface area contributed by atoms with Crippen LogP contribution < -0.4 is 9.47 Å². The molecule has 32 heavy (non-hydrogen) atoms. The number of para-hydroxylation sites is 2. The molecule has 1 fully saturated rings. The van der Waals surface area contributed by atoms with Gasteiger partial charge in [0, 0.05) is 44.6 Å². The van der Waals surface area contributed by atoms with Gasteiger partial charge in [-0.15, -0.1) is 0 Å². The quantitative estimate of drug-likeness (QED) is 0.563. The number of nitrogens with zero attached hydrogens (tertiary/aromatic N) is 2. The molecule has 0 spiro atoms. The van der Waals surface area contributed by atoms with Crippen LogP contribution in [0, 0.1) is 6.92 Å². The summed E-state index contributed by atoms with van der Waals surface area (Å²) in [5.41, 5.74) is 1.72. The van der Waals surface area contributed by atoms with Crippen LogP contribution in [0.1, 0.15) is 35.7 Å². The number of carbonyl (C=O) groups excluding carboxylic acids is 3. The Morgan fingerprint density at radius 2 is 1.34 bits per heavy atom. The van der Waals surface area contributed by atoms with Gasteiger partial charge in [-0.05, 0) is 26.0 Å². The van der Waals surface area contributed by atoms with E-state index >= 15 is 0 Å². The molecule has 170 valence electrons. The van der Waals surface area contributed by atoms with Crippen LogP contribution in [0.5, 0.6) is 11.5 Å². The third-order valence-electron chi connectivity index (χ3n) is 5.42. The van der Waals surface area contributed by atoms with Gasteiger partial charge in [0.1, 0.15) is 0 Å². The standard InChI is InChI=1S/C25H30N2O5/c1-3-31-22-6-4-5-7-23(22)32-18-25(30)27-16-14-26(15-17-27)24(29)13-12-21(28)20-10-8-19(2)9-11-20/h4-11H,3,12-18H2,1-2H3. The molecule has 7 nitrogen and oxygen atoms in total. The highest BCUT2D eigenvalue weighted by Crippen LogP contribution is 2.26. The minimum absolute atomic E-state index is 0.0309. The second-order valence-corrected chi connectivity index (χ2v) is 7.72. The zero-order valence-corrected chi connectivity index (χ0v) is 18.7. The fraction of sp³-hybridized carbons (Fsp3) is 0.400. The average molecular weight is 439 g/mol. The molecule has 1 heterocycles. The van der Waals surface area contributed by atoms with Crippen LogP contribution in [-0.4, -0.2) is 66.8 Å². The minimum Gasteiger partial charge on any atom is -0.490 e. The number of ether oxygens (including phenoxy) is 2. The third kappa shape index (κ3) is 6.33. The normalized spacial score (nSPS) is 13.6. The molecule has 0 aromatic heterocycles. The molecule has 0 bridgehead atoms. The number of aryl methyl sites for hydroxylation is 1. The topological polar surface area (TPSA) is 76.2 Å². The van der Waals surface area contributed by atoms with E-state index in [1.807, 2.05) is 38.1 Å². The Bertz CT molecular complexity index is 934. The van der Waals surface area contributed by atoms with E-state index in [1.54, 1.807) is 34.1 Å². The molecular formula is C25H30N2O5. The molecule has 1 aliphatic heterocycles. The Labute approximate surface area is 188 Å². The number of hydrogen-bond acceptors (Lipinski definition) is 5. The summed E-state index contributed by atoms with van der Waals surface area (Å²) in [6.07, 6.45) is 0.367. The van der Waals surface area contributed by atoms with Crippen molar-refractivity contribution < 1.29 is 23.9 Å². The number of piperazine rings is 1. The second kappa shape index (κ2) is 11.3. The molecule has 2 amide bonds. The van der Waals surface area contributed by atoms with E-state index in [2.05, 4.69) is 0 Å². The van der Waals surface area contributed by atoms with Gasteiger partial charge in [0.2, 0.25) is 5.91 Å². The van der Waals surface area contributed by atoms with Crippen molar-refractivity contribution in [3.05, 3.63) is 59.7 Å². The Morgan fingerprint density at radius 1 is 0.781 bits per heavy atom. The van der Waals surface area contributed by atoms with E-state index in [0.29, 0.717) is 49.8 Å². The maximum atomic E-state index is 12.5. The molecule has 0 N–H and O–H groups in total. The third-order valence-corrected chi connectivity index (χ3v) is 5.42. The Balaban J connectivity index is 1.41. The van der Waals surface area contributed by atoms with Gasteiger partial charge in [-0.3, -0.25) is 14.4 Å². The molecular weight excluding hydrogens is 408 g/mol. The van der Waals surface area contributed by atoms with Crippen molar-refractivity contribution in [2.45, 2.75) is 26.7 Å². The maximum Gasteiger partial charge on any atom is 0.260 e. The molecule has 0 unspecified atom stereocenters. The van der Waals surface area contributed by atoms with Crippen molar-refractivity contribution in [3.63, 3.8) is 0 Å². The van der Waals surface area contributed by atoms with Crippen molar-refractivity contribution in [2.75, 3.05) is 39.4 Å². The summed E-state index contributed by atoms with van der Waals surface area (Å²) in [5, 5.41) is 0. The van der Waals surface area contributed by atoms with Gasteiger partial charge in [-0.25, -0.2) is 0 Å². The van der Waals surface area contributed by atoms with Gasteiger partial charge in [0.25, 0.3) is 5.91 Å². The van der Waals surface area contributed by atoms with Gasteiger partial charge in [0.15, 0.2) is 23.9 Å². The zero-order chi connectivity index (χ0) is 22.9. The lowest BCUT2D eigenvalue weighted by atomic mass is 10.0. The summed E-state index contributed by atoms with van der Waals surface area (Å²) in [4.78, 5) is 40.7.